The van der Waals surface area contributed by atoms with E-state index >= 15 is 0 Å². The second kappa shape index (κ2) is 6.17. The van der Waals surface area contributed by atoms with E-state index in [1.807, 2.05) is 0 Å². The van der Waals surface area contributed by atoms with Gasteiger partial charge >= 0.3 is 0 Å². The molecular weight excluding hydrogens is 325 g/mol. The smallest absolute Gasteiger partial charge is 0.142 e. The van der Waals surface area contributed by atoms with Crippen LogP contribution in [0.5, 0.6) is 0 Å². The zero-order valence-corrected chi connectivity index (χ0v) is 15.6. The molecule has 128 valence electrons. The summed E-state index contributed by atoms with van der Waals surface area (Å²) in [6.07, 6.45) is 0. The van der Waals surface area contributed by atoms with E-state index in [2.05, 4.69) is 110 Å². The van der Waals surface area contributed by atoms with Gasteiger partial charge in [-0.1, -0.05) is 84.3 Å². The maximum absolute atomic E-state index is 2.43. The molecular formula is C25H20BN. The molecule has 0 atom stereocenters. The van der Waals surface area contributed by atoms with E-state index in [4.69, 9.17) is 0 Å². The molecule has 0 saturated heterocycles. The highest BCUT2D eigenvalue weighted by Crippen LogP contribution is 2.38. The summed E-state index contributed by atoms with van der Waals surface area (Å²) in [7, 11) is 2.19. The Hall–Kier alpha value is -3.26. The van der Waals surface area contributed by atoms with Crippen LogP contribution >= 0.6 is 0 Å². The van der Waals surface area contributed by atoms with Crippen LogP contribution in [0.25, 0.3) is 38.6 Å². The number of aryl methyl sites for hydroxylation is 1. The lowest BCUT2D eigenvalue weighted by molar-refractivity contribution is 1.19. The predicted molar refractivity (Wildman–Crippen MR) is 119 cm³/mol. The summed E-state index contributed by atoms with van der Waals surface area (Å²) < 4.78 is 2.43. The highest BCUT2D eigenvalue weighted by molar-refractivity contribution is 6.35. The van der Waals surface area contributed by atoms with Crippen molar-refractivity contribution in [2.45, 2.75) is 6.92 Å². The molecule has 1 aromatic heterocycles. The van der Waals surface area contributed by atoms with E-state index in [1.54, 1.807) is 0 Å². The van der Waals surface area contributed by atoms with E-state index in [-0.39, 0.29) is 0 Å². The Morgan fingerprint density at radius 3 is 2.15 bits per heavy atom. The summed E-state index contributed by atoms with van der Waals surface area (Å²) in [4.78, 5) is 0. The number of hydrogen-bond acceptors (Lipinski definition) is 0. The third-order valence-corrected chi connectivity index (χ3v) is 5.49. The number of nitrogens with zero attached hydrogens (tertiary/aromatic N) is 1. The molecule has 0 bridgehead atoms. The number of fused-ring (bicyclic) bond motifs is 3. The minimum Gasteiger partial charge on any atom is -0.309 e. The highest BCUT2D eigenvalue weighted by Gasteiger charge is 2.17. The number of hydrogen-bond donors (Lipinski definition) is 0. The van der Waals surface area contributed by atoms with Gasteiger partial charge in [-0.3, -0.25) is 0 Å². The quantitative estimate of drug-likeness (QED) is 0.396. The molecule has 1 nitrogen and oxygen atoms in total. The van der Waals surface area contributed by atoms with Crippen LogP contribution in [0.4, 0.5) is 0 Å². The summed E-state index contributed by atoms with van der Waals surface area (Å²) in [6.45, 7) is 2.19. The van der Waals surface area contributed by atoms with Gasteiger partial charge < -0.3 is 4.57 Å². The van der Waals surface area contributed by atoms with Crippen molar-refractivity contribution in [1.29, 1.82) is 0 Å². The molecule has 0 unspecified atom stereocenters. The molecule has 2 heteroatoms. The molecule has 0 amide bonds. The molecule has 0 fully saturated rings. The van der Waals surface area contributed by atoms with Crippen molar-refractivity contribution in [1.82, 2.24) is 4.57 Å². The van der Waals surface area contributed by atoms with Crippen molar-refractivity contribution >= 4 is 35.1 Å². The molecule has 4 aromatic carbocycles. The molecule has 0 N–H and O–H groups in total. The van der Waals surface area contributed by atoms with Gasteiger partial charge in [-0.05, 0) is 30.2 Å². The van der Waals surface area contributed by atoms with Crippen LogP contribution in [-0.4, -0.2) is 12.4 Å². The van der Waals surface area contributed by atoms with E-state index in [9.17, 15) is 0 Å². The first kappa shape index (κ1) is 16.0. The summed E-state index contributed by atoms with van der Waals surface area (Å²) in [5.41, 5.74) is 8.92. The zero-order valence-electron chi connectivity index (χ0n) is 15.6. The van der Waals surface area contributed by atoms with Crippen LogP contribution in [-0.2, 0) is 0 Å². The van der Waals surface area contributed by atoms with Gasteiger partial charge in [0.2, 0.25) is 0 Å². The molecule has 0 aliphatic rings. The van der Waals surface area contributed by atoms with Gasteiger partial charge in [0.25, 0.3) is 0 Å². The second-order valence-corrected chi connectivity index (χ2v) is 7.16. The third kappa shape index (κ3) is 2.41. The maximum atomic E-state index is 2.43. The zero-order chi connectivity index (χ0) is 18.4. The van der Waals surface area contributed by atoms with E-state index < -0.39 is 0 Å². The molecule has 0 saturated carbocycles. The lowest BCUT2D eigenvalue weighted by Gasteiger charge is -2.15. The number of rotatable bonds is 2. The molecule has 0 spiro atoms. The Bertz CT molecular complexity index is 1300. The Labute approximate surface area is 160 Å². The van der Waals surface area contributed by atoms with Crippen LogP contribution in [0.15, 0.2) is 91.0 Å². The average molecular weight is 345 g/mol. The Morgan fingerprint density at radius 2 is 1.30 bits per heavy atom. The van der Waals surface area contributed by atoms with Crippen molar-refractivity contribution < 1.29 is 0 Å². The van der Waals surface area contributed by atoms with Crippen molar-refractivity contribution in [2.24, 2.45) is 0 Å². The summed E-state index contributed by atoms with van der Waals surface area (Å²) in [6, 6.07) is 32.7. The fraction of sp³-hybridized carbons (Fsp3) is 0.0400. The highest BCUT2D eigenvalue weighted by atomic mass is 15.0. The fourth-order valence-electron chi connectivity index (χ4n) is 4.18. The molecule has 5 aromatic rings. The van der Waals surface area contributed by atoms with Crippen molar-refractivity contribution in [3.63, 3.8) is 0 Å². The van der Waals surface area contributed by atoms with Gasteiger partial charge in [0.1, 0.15) is 7.85 Å². The summed E-state index contributed by atoms with van der Waals surface area (Å²) in [5, 5.41) is 2.60. The monoisotopic (exact) mass is 345 g/mol. The van der Waals surface area contributed by atoms with Gasteiger partial charge in [0.05, 0.1) is 11.0 Å². The van der Waals surface area contributed by atoms with Gasteiger partial charge in [-0.2, -0.15) is 0 Å². The topological polar surface area (TPSA) is 4.93 Å². The van der Waals surface area contributed by atoms with Crippen molar-refractivity contribution in [3.05, 3.63) is 96.6 Å². The average Bonchev–Trinajstić information content (AvgIpc) is 3.04. The molecule has 27 heavy (non-hydrogen) atoms. The largest absolute Gasteiger partial charge is 0.309 e. The van der Waals surface area contributed by atoms with Crippen LogP contribution in [0.1, 0.15) is 5.56 Å². The van der Waals surface area contributed by atoms with Gasteiger partial charge in [0.15, 0.2) is 0 Å². The molecule has 0 radical (unpaired) electrons. The second-order valence-electron chi connectivity index (χ2n) is 7.16. The van der Waals surface area contributed by atoms with Crippen molar-refractivity contribution in [2.75, 3.05) is 0 Å². The number of benzene rings is 4. The standard InChI is InChI=1S/C25H20BN/c1-17-9-2-3-10-18(17)20-12-8-13-21-19-11-4-6-15-23(19)27(25(20)21)24-16-7-5-14-22(24)26/h2-16H,26H2,1H3. The van der Waals surface area contributed by atoms with E-state index in [1.165, 1.54) is 49.6 Å². The van der Waals surface area contributed by atoms with E-state index in [0.717, 1.165) is 0 Å². The van der Waals surface area contributed by atoms with Gasteiger partial charge in [0, 0.05) is 22.0 Å². The Kier molecular flexibility index (Phi) is 3.65. The minimum absolute atomic E-state index is 1.24. The van der Waals surface area contributed by atoms with Crippen LogP contribution in [0.3, 0.4) is 0 Å². The predicted octanol–water partition coefficient (Wildman–Crippen LogP) is 5.02. The van der Waals surface area contributed by atoms with Gasteiger partial charge in [-0.15, -0.1) is 0 Å². The van der Waals surface area contributed by atoms with Crippen LogP contribution < -0.4 is 5.46 Å². The van der Waals surface area contributed by atoms with Crippen LogP contribution in [0.2, 0.25) is 0 Å². The van der Waals surface area contributed by atoms with Gasteiger partial charge in [-0.25, -0.2) is 0 Å². The lowest BCUT2D eigenvalue weighted by Crippen LogP contribution is -2.12. The molecule has 0 aliphatic heterocycles. The Morgan fingerprint density at radius 1 is 0.630 bits per heavy atom. The first-order valence-electron chi connectivity index (χ1n) is 9.40. The summed E-state index contributed by atoms with van der Waals surface area (Å²) >= 11 is 0. The third-order valence-electron chi connectivity index (χ3n) is 5.49. The van der Waals surface area contributed by atoms with E-state index in [0.29, 0.717) is 0 Å². The molecule has 1 heterocycles. The molecule has 5 rings (SSSR count). The maximum Gasteiger partial charge on any atom is 0.142 e. The first-order valence-corrected chi connectivity index (χ1v) is 9.40. The van der Waals surface area contributed by atoms with Crippen LogP contribution in [0, 0.1) is 6.92 Å². The van der Waals surface area contributed by atoms with Crippen molar-refractivity contribution in [3.8, 4) is 16.8 Å². The number of aromatic nitrogens is 1. The Balaban J connectivity index is 2.01. The minimum atomic E-state index is 1.24. The fourth-order valence-corrected chi connectivity index (χ4v) is 4.18. The lowest BCUT2D eigenvalue weighted by atomic mass is 9.93. The number of para-hydroxylation sites is 3. The molecule has 0 aliphatic carbocycles. The SMILES string of the molecule is Bc1ccccc1-n1c2ccccc2c2cccc(-c3ccccc3C)c21. The summed E-state index contributed by atoms with van der Waals surface area (Å²) in [5.74, 6) is 0. The normalized spacial score (nSPS) is 11.3. The first-order chi connectivity index (χ1) is 13.3.